The van der Waals surface area contributed by atoms with Crippen molar-refractivity contribution in [2.45, 2.75) is 105 Å². The van der Waals surface area contributed by atoms with Crippen LogP contribution in [0.1, 0.15) is 83.1 Å². The Morgan fingerprint density at radius 1 is 0.500 bits per heavy atom. The van der Waals surface area contributed by atoms with E-state index in [9.17, 15) is 24.0 Å². The average Bonchev–Trinajstić information content (AvgIpc) is 3.11. The van der Waals surface area contributed by atoms with Crippen LogP contribution < -0.4 is 4.90 Å². The normalized spacial score (nSPS) is 16.2. The van der Waals surface area contributed by atoms with E-state index in [1.54, 1.807) is 20.8 Å². The van der Waals surface area contributed by atoms with Gasteiger partial charge in [-0.25, -0.2) is 4.79 Å². The van der Waals surface area contributed by atoms with Crippen molar-refractivity contribution >= 4 is 35.5 Å². The van der Waals surface area contributed by atoms with Crippen molar-refractivity contribution < 1.29 is 42.9 Å². The molecule has 60 heavy (non-hydrogen) atoms. The number of hydrogen-bond donors (Lipinski definition) is 0. The van der Waals surface area contributed by atoms with Gasteiger partial charge in [0, 0.05) is 58.0 Å². The van der Waals surface area contributed by atoms with Crippen LogP contribution in [0.3, 0.4) is 0 Å². The number of carbonyl (C=O) groups is 5. The van der Waals surface area contributed by atoms with Crippen LogP contribution in [0.4, 0.5) is 5.69 Å². The number of anilines is 1. The second kappa shape index (κ2) is 21.9. The van der Waals surface area contributed by atoms with Crippen molar-refractivity contribution in [2.24, 2.45) is 0 Å². The molecule has 3 rings (SSSR count). The van der Waals surface area contributed by atoms with Crippen molar-refractivity contribution in [3.8, 4) is 11.1 Å². The summed E-state index contributed by atoms with van der Waals surface area (Å²) in [6.07, 6.45) is 0. The van der Waals surface area contributed by atoms with Gasteiger partial charge in [-0.3, -0.25) is 43.7 Å². The lowest BCUT2D eigenvalue weighted by Crippen LogP contribution is -2.57. The zero-order valence-corrected chi connectivity index (χ0v) is 38.3. The number of rotatable bonds is 13. The summed E-state index contributed by atoms with van der Waals surface area (Å²) < 4.78 is 22.5. The summed E-state index contributed by atoms with van der Waals surface area (Å²) in [5.74, 6) is -2.01. The zero-order chi connectivity index (χ0) is 44.9. The molecule has 0 saturated carbocycles. The highest BCUT2D eigenvalue weighted by Crippen LogP contribution is 2.29. The van der Waals surface area contributed by atoms with Crippen LogP contribution >= 0.6 is 0 Å². The predicted octanol–water partition coefficient (Wildman–Crippen LogP) is 5.28. The summed E-state index contributed by atoms with van der Waals surface area (Å²) in [4.78, 5) is 77.1. The fourth-order valence-electron chi connectivity index (χ4n) is 6.75. The highest BCUT2D eigenvalue weighted by molar-refractivity contribution is 6.02. The quantitative estimate of drug-likeness (QED) is 0.191. The molecule has 2 aromatic carbocycles. The summed E-state index contributed by atoms with van der Waals surface area (Å²) >= 11 is 0. The Morgan fingerprint density at radius 2 is 0.833 bits per heavy atom. The topological polar surface area (TPSA) is 138 Å². The molecular formula is C46H71N5O9. The SMILES string of the molecule is CCOC(=O)C(C)(C)N(C(=O)CN1CCN(CC(=O)OC(C)(C)C)CCN(CC(=O)OC(C)(C)C)CCN(CC(=O)OC(C)(C)C)CC1)c1ccc(-c2ccccc2)cc1. The van der Waals surface area contributed by atoms with Crippen molar-refractivity contribution in [3.05, 3.63) is 54.6 Å². The smallest absolute Gasteiger partial charge is 0.331 e. The minimum Gasteiger partial charge on any atom is -0.464 e. The summed E-state index contributed by atoms with van der Waals surface area (Å²) in [6, 6.07) is 17.4. The van der Waals surface area contributed by atoms with Gasteiger partial charge in [0.1, 0.15) is 22.3 Å². The second-order valence-electron chi connectivity index (χ2n) is 18.8. The van der Waals surface area contributed by atoms with E-state index < -0.39 is 28.3 Å². The molecule has 2 aromatic rings. The monoisotopic (exact) mass is 838 g/mol. The molecule has 0 aromatic heterocycles. The van der Waals surface area contributed by atoms with Crippen LogP contribution in [0.15, 0.2) is 54.6 Å². The van der Waals surface area contributed by atoms with E-state index >= 15 is 0 Å². The highest BCUT2D eigenvalue weighted by Gasteiger charge is 2.41. The summed E-state index contributed by atoms with van der Waals surface area (Å²) in [5.41, 5.74) is -0.877. The summed E-state index contributed by atoms with van der Waals surface area (Å²) in [6.45, 7) is 24.7. The number of hydrogen-bond acceptors (Lipinski definition) is 13. The fourth-order valence-corrected chi connectivity index (χ4v) is 6.75. The third-order valence-electron chi connectivity index (χ3n) is 9.42. The molecule has 14 nitrogen and oxygen atoms in total. The van der Waals surface area contributed by atoms with Crippen LogP contribution in [-0.2, 0) is 42.9 Å². The molecule has 0 atom stereocenters. The minimum atomic E-state index is -1.36. The molecule has 0 unspecified atom stereocenters. The lowest BCUT2D eigenvalue weighted by atomic mass is 9.99. The van der Waals surface area contributed by atoms with Gasteiger partial charge in [0.05, 0.1) is 32.8 Å². The Kier molecular flexibility index (Phi) is 18.3. The van der Waals surface area contributed by atoms with E-state index in [-0.39, 0.29) is 56.6 Å². The number of benzene rings is 2. The molecule has 0 aliphatic carbocycles. The minimum absolute atomic E-state index is 0.000119. The van der Waals surface area contributed by atoms with E-state index in [1.165, 1.54) is 4.90 Å². The van der Waals surface area contributed by atoms with Crippen LogP contribution in [-0.4, -0.2) is 157 Å². The second-order valence-corrected chi connectivity index (χ2v) is 18.8. The van der Waals surface area contributed by atoms with Crippen molar-refractivity contribution in [1.29, 1.82) is 0 Å². The van der Waals surface area contributed by atoms with Gasteiger partial charge in [-0.15, -0.1) is 0 Å². The number of carbonyl (C=O) groups excluding carboxylic acids is 5. The Morgan fingerprint density at radius 3 is 1.17 bits per heavy atom. The molecule has 1 heterocycles. The summed E-state index contributed by atoms with van der Waals surface area (Å²) in [5, 5.41) is 0. The maximum Gasteiger partial charge on any atom is 0.331 e. The van der Waals surface area contributed by atoms with Gasteiger partial charge in [-0.2, -0.15) is 0 Å². The first-order chi connectivity index (χ1) is 27.8. The molecule has 1 aliphatic rings. The van der Waals surface area contributed by atoms with Crippen LogP contribution in [0, 0.1) is 0 Å². The molecule has 0 N–H and O–H groups in total. The maximum atomic E-state index is 14.7. The van der Waals surface area contributed by atoms with Gasteiger partial charge in [0.2, 0.25) is 5.91 Å². The van der Waals surface area contributed by atoms with Crippen LogP contribution in [0.2, 0.25) is 0 Å². The molecule has 1 amide bonds. The third kappa shape index (κ3) is 17.7. The third-order valence-corrected chi connectivity index (χ3v) is 9.42. The van der Waals surface area contributed by atoms with Gasteiger partial charge in [0.25, 0.3) is 0 Å². The van der Waals surface area contributed by atoms with E-state index in [1.807, 2.05) is 137 Å². The summed E-state index contributed by atoms with van der Waals surface area (Å²) in [7, 11) is 0. The van der Waals surface area contributed by atoms with Crippen LogP contribution in [0.5, 0.6) is 0 Å². The Bertz CT molecular complexity index is 1670. The van der Waals surface area contributed by atoms with Crippen molar-refractivity contribution in [2.75, 3.05) is 90.0 Å². The zero-order valence-electron chi connectivity index (χ0n) is 38.3. The number of esters is 4. The number of ether oxygens (including phenoxy) is 4. The van der Waals surface area contributed by atoms with Gasteiger partial charge in [0.15, 0.2) is 0 Å². The van der Waals surface area contributed by atoms with Gasteiger partial charge < -0.3 is 18.9 Å². The molecule has 0 radical (unpaired) electrons. The van der Waals surface area contributed by atoms with Gasteiger partial charge in [-0.05, 0) is 106 Å². The molecule has 0 bridgehead atoms. The molecule has 1 fully saturated rings. The predicted molar refractivity (Wildman–Crippen MR) is 233 cm³/mol. The van der Waals surface area contributed by atoms with E-state index in [4.69, 9.17) is 18.9 Å². The van der Waals surface area contributed by atoms with Crippen molar-refractivity contribution in [1.82, 2.24) is 19.6 Å². The van der Waals surface area contributed by atoms with Gasteiger partial charge in [-0.1, -0.05) is 42.5 Å². The maximum absolute atomic E-state index is 14.7. The number of amides is 1. The van der Waals surface area contributed by atoms with Crippen molar-refractivity contribution in [3.63, 3.8) is 0 Å². The number of nitrogens with zero attached hydrogens (tertiary/aromatic N) is 5. The van der Waals surface area contributed by atoms with Gasteiger partial charge >= 0.3 is 23.9 Å². The standard InChI is InChI=1S/C46H71N5O9/c1-13-57-42(56)46(11,12)51(37-21-19-36(20-22-37)35-17-15-14-16-18-35)38(52)31-47-23-25-48(32-39(53)58-43(2,3)4)27-29-50(34-41(55)60-45(8,9)10)30-28-49(26-24-47)33-40(54)59-44(5,6)7/h14-22H,13,23-34H2,1-12H3. The lowest BCUT2D eigenvalue weighted by molar-refractivity contribution is -0.158. The highest BCUT2D eigenvalue weighted by atomic mass is 16.6. The first-order valence-electron chi connectivity index (χ1n) is 21.1. The average molecular weight is 838 g/mol. The first kappa shape index (κ1) is 50.0. The lowest BCUT2D eigenvalue weighted by Gasteiger charge is -2.38. The molecule has 1 saturated heterocycles. The Balaban J connectivity index is 2.00. The molecule has 1 aliphatic heterocycles. The van der Waals surface area contributed by atoms with E-state index in [2.05, 4.69) is 0 Å². The Hall–Kier alpha value is -4.37. The van der Waals surface area contributed by atoms with E-state index in [0.29, 0.717) is 58.0 Å². The molecule has 334 valence electrons. The largest absolute Gasteiger partial charge is 0.464 e. The van der Waals surface area contributed by atoms with Crippen LogP contribution in [0.25, 0.3) is 11.1 Å². The molecular weight excluding hydrogens is 767 g/mol. The van der Waals surface area contributed by atoms with E-state index in [0.717, 1.165) is 11.1 Å². The molecule has 0 spiro atoms. The fraction of sp³-hybridized carbons (Fsp3) is 0.630. The molecule has 14 heteroatoms. The first-order valence-corrected chi connectivity index (χ1v) is 21.1. The Labute approximate surface area is 358 Å².